The van der Waals surface area contributed by atoms with Crippen LogP contribution in [0.5, 0.6) is 0 Å². The molecule has 4 rings (SSSR count). The molecule has 172 valence electrons. The van der Waals surface area contributed by atoms with Crippen LogP contribution in [0.2, 0.25) is 23.7 Å². The molecule has 2 heteroatoms. The Kier molecular flexibility index (Phi) is 7.48. The highest BCUT2D eigenvalue weighted by Crippen LogP contribution is 2.60. The van der Waals surface area contributed by atoms with Crippen LogP contribution >= 0.6 is 0 Å². The Bertz CT molecular complexity index is 665. The lowest BCUT2D eigenvalue weighted by Gasteiger charge is -2.45. The first-order chi connectivity index (χ1) is 14.9. The maximum atomic E-state index is 5.94. The molecule has 0 saturated heterocycles. The van der Waals surface area contributed by atoms with Gasteiger partial charge in [-0.05, 0) is 74.8 Å². The summed E-state index contributed by atoms with van der Waals surface area (Å²) in [4.78, 5) is 0. The van der Waals surface area contributed by atoms with Crippen molar-refractivity contribution >= 4 is 8.07 Å². The molecule has 0 bridgehead atoms. The van der Waals surface area contributed by atoms with E-state index >= 15 is 0 Å². The Morgan fingerprint density at radius 1 is 0.710 bits per heavy atom. The predicted octanol–water partition coefficient (Wildman–Crippen LogP) is 8.49. The third kappa shape index (κ3) is 5.38. The van der Waals surface area contributed by atoms with Crippen LogP contribution in [-0.2, 0) is 4.74 Å². The Balaban J connectivity index is 1.40. The van der Waals surface area contributed by atoms with Gasteiger partial charge in [0.15, 0.2) is 0 Å². The van der Waals surface area contributed by atoms with Crippen molar-refractivity contribution < 1.29 is 4.74 Å². The molecule has 0 aromatic carbocycles. The van der Waals surface area contributed by atoms with Crippen molar-refractivity contribution in [1.29, 1.82) is 0 Å². The van der Waals surface area contributed by atoms with Gasteiger partial charge in [-0.15, -0.1) is 0 Å². The lowest BCUT2D eigenvalue weighted by molar-refractivity contribution is -0.00471. The molecule has 0 radical (unpaired) electrons. The zero-order valence-corrected chi connectivity index (χ0v) is 21.6. The van der Waals surface area contributed by atoms with Crippen LogP contribution in [0.3, 0.4) is 0 Å². The summed E-state index contributed by atoms with van der Waals surface area (Å²) in [5.74, 6) is 3.33. The summed E-state index contributed by atoms with van der Waals surface area (Å²) in [6.07, 6.45) is 30.8. The number of ether oxygens (including phenoxy) is 1. The van der Waals surface area contributed by atoms with E-state index in [9.17, 15) is 0 Å². The molecule has 0 spiro atoms. The summed E-state index contributed by atoms with van der Waals surface area (Å²) in [6, 6.07) is 1.55. The minimum Gasteiger partial charge on any atom is -0.376 e. The van der Waals surface area contributed by atoms with E-state index in [2.05, 4.69) is 75.9 Å². The number of allylic oxidation sites excluding steroid dienone is 8. The first kappa shape index (κ1) is 23.3. The molecule has 6 atom stereocenters. The number of hydrogen-bond donors (Lipinski definition) is 0. The van der Waals surface area contributed by atoms with E-state index in [4.69, 9.17) is 4.74 Å². The third-order valence-corrected chi connectivity index (χ3v) is 15.2. The van der Waals surface area contributed by atoms with E-state index in [0.29, 0.717) is 0 Å². The largest absolute Gasteiger partial charge is 0.376 e. The standard InChI is InChI=1S/C29H46OSi/c1-29(2,3)30-21-11-5-6-12-22-31(4,27-19-17-23-13-7-9-15-25(23)27)28-20-18-24-14-8-10-16-26(24)28/h7-10,13-16,23-28H,5-6,11-12,17-22H2,1-4H3. The fourth-order valence-electron chi connectivity index (χ4n) is 7.44. The van der Waals surface area contributed by atoms with Crippen LogP contribution in [-0.4, -0.2) is 20.3 Å². The highest BCUT2D eigenvalue weighted by atomic mass is 28.3. The van der Waals surface area contributed by atoms with Crippen molar-refractivity contribution in [3.05, 3.63) is 48.6 Å². The van der Waals surface area contributed by atoms with Crippen LogP contribution < -0.4 is 0 Å². The van der Waals surface area contributed by atoms with Gasteiger partial charge in [0.2, 0.25) is 0 Å². The molecule has 0 amide bonds. The van der Waals surface area contributed by atoms with E-state index in [-0.39, 0.29) is 5.60 Å². The molecule has 6 unspecified atom stereocenters. The van der Waals surface area contributed by atoms with Gasteiger partial charge in [-0.1, -0.05) is 93.3 Å². The van der Waals surface area contributed by atoms with Gasteiger partial charge in [-0.25, -0.2) is 0 Å². The fourth-order valence-corrected chi connectivity index (χ4v) is 13.9. The molecule has 31 heavy (non-hydrogen) atoms. The summed E-state index contributed by atoms with van der Waals surface area (Å²) < 4.78 is 5.94. The van der Waals surface area contributed by atoms with Crippen LogP contribution in [0.15, 0.2) is 48.6 Å². The van der Waals surface area contributed by atoms with Gasteiger partial charge in [-0.2, -0.15) is 0 Å². The van der Waals surface area contributed by atoms with Crippen molar-refractivity contribution in [2.75, 3.05) is 6.61 Å². The first-order valence-corrected chi connectivity index (χ1v) is 16.1. The molecule has 2 fully saturated rings. The molecule has 4 aliphatic rings. The normalized spacial score (nSPS) is 35.9. The van der Waals surface area contributed by atoms with Crippen molar-refractivity contribution in [3.63, 3.8) is 0 Å². The molecular weight excluding hydrogens is 392 g/mol. The SMILES string of the molecule is CC(C)(C)OCCCCCC[Si](C)(C1CCC2C=CC=CC21)C1CCC2C=CC=CC21. The molecule has 0 aliphatic heterocycles. The smallest absolute Gasteiger partial charge is 0.0598 e. The lowest BCUT2D eigenvalue weighted by atomic mass is 9.91. The van der Waals surface area contributed by atoms with Gasteiger partial charge in [0.25, 0.3) is 0 Å². The predicted molar refractivity (Wildman–Crippen MR) is 137 cm³/mol. The molecule has 4 aliphatic carbocycles. The zero-order valence-electron chi connectivity index (χ0n) is 20.6. The molecule has 0 N–H and O–H groups in total. The average Bonchev–Trinajstić information content (AvgIpc) is 3.37. The van der Waals surface area contributed by atoms with Gasteiger partial charge in [0.05, 0.1) is 13.7 Å². The minimum absolute atomic E-state index is 0.00738. The van der Waals surface area contributed by atoms with Gasteiger partial charge in [-0.3, -0.25) is 0 Å². The number of unbranched alkanes of at least 4 members (excludes halogenated alkanes) is 3. The van der Waals surface area contributed by atoms with Gasteiger partial charge < -0.3 is 4.74 Å². The highest BCUT2D eigenvalue weighted by Gasteiger charge is 2.53. The van der Waals surface area contributed by atoms with Crippen molar-refractivity contribution in [3.8, 4) is 0 Å². The Morgan fingerprint density at radius 2 is 1.23 bits per heavy atom. The van der Waals surface area contributed by atoms with E-state index in [0.717, 1.165) is 41.4 Å². The Morgan fingerprint density at radius 3 is 1.77 bits per heavy atom. The third-order valence-electron chi connectivity index (χ3n) is 8.98. The van der Waals surface area contributed by atoms with Crippen LogP contribution in [0.4, 0.5) is 0 Å². The van der Waals surface area contributed by atoms with E-state index in [1.54, 1.807) is 6.04 Å². The highest BCUT2D eigenvalue weighted by molar-refractivity contribution is 6.81. The van der Waals surface area contributed by atoms with Gasteiger partial charge in [0, 0.05) is 6.61 Å². The maximum absolute atomic E-state index is 5.94. The second kappa shape index (κ2) is 9.95. The second-order valence-electron chi connectivity index (χ2n) is 12.0. The fraction of sp³-hybridized carbons (Fsp3) is 0.724. The average molecular weight is 439 g/mol. The zero-order chi connectivity index (χ0) is 21.9. The second-order valence-corrected chi connectivity index (χ2v) is 17.0. The molecule has 0 aromatic heterocycles. The Hall–Kier alpha value is -0.863. The summed E-state index contributed by atoms with van der Waals surface area (Å²) >= 11 is 0. The van der Waals surface area contributed by atoms with Crippen LogP contribution in [0.25, 0.3) is 0 Å². The quantitative estimate of drug-likeness (QED) is 0.259. The minimum atomic E-state index is -1.40. The van der Waals surface area contributed by atoms with Gasteiger partial charge >= 0.3 is 0 Å². The number of hydrogen-bond acceptors (Lipinski definition) is 1. The van der Waals surface area contributed by atoms with E-state index in [1.807, 2.05) is 0 Å². The van der Waals surface area contributed by atoms with Crippen LogP contribution in [0.1, 0.15) is 72.1 Å². The lowest BCUT2D eigenvalue weighted by Crippen LogP contribution is -2.45. The van der Waals surface area contributed by atoms with Crippen molar-refractivity contribution in [1.82, 2.24) is 0 Å². The first-order valence-electron chi connectivity index (χ1n) is 13.2. The Labute approximate surface area is 193 Å². The van der Waals surface area contributed by atoms with E-state index in [1.165, 1.54) is 51.4 Å². The monoisotopic (exact) mass is 438 g/mol. The maximum Gasteiger partial charge on any atom is 0.0598 e. The molecular formula is C29H46OSi. The van der Waals surface area contributed by atoms with E-state index < -0.39 is 8.07 Å². The van der Waals surface area contributed by atoms with Crippen molar-refractivity contribution in [2.45, 2.75) is 101 Å². The summed E-state index contributed by atoms with van der Waals surface area (Å²) in [7, 11) is -1.40. The van der Waals surface area contributed by atoms with Gasteiger partial charge in [0.1, 0.15) is 0 Å². The molecule has 2 saturated carbocycles. The molecule has 1 nitrogen and oxygen atoms in total. The van der Waals surface area contributed by atoms with Crippen LogP contribution in [0, 0.1) is 23.7 Å². The molecule has 0 aromatic rings. The molecule has 0 heterocycles. The topological polar surface area (TPSA) is 9.23 Å². The summed E-state index contributed by atoms with van der Waals surface area (Å²) in [5.41, 5.74) is 1.99. The summed E-state index contributed by atoms with van der Waals surface area (Å²) in [6.45, 7) is 10.3. The van der Waals surface area contributed by atoms with Crippen molar-refractivity contribution in [2.24, 2.45) is 23.7 Å². The number of rotatable bonds is 9. The summed E-state index contributed by atoms with van der Waals surface area (Å²) in [5, 5.41) is 0. The number of fused-ring (bicyclic) bond motifs is 2.